The van der Waals surface area contributed by atoms with Crippen LogP contribution in [0.15, 0.2) is 24.3 Å². The maximum absolute atomic E-state index is 12.0. The van der Waals surface area contributed by atoms with Gasteiger partial charge in [0.1, 0.15) is 0 Å². The topological polar surface area (TPSA) is 127 Å². The molecule has 0 saturated carbocycles. The number of benzene rings is 1. The summed E-state index contributed by atoms with van der Waals surface area (Å²) >= 11 is 1.90. The number of nitrogens with zero attached hydrogens (tertiary/aromatic N) is 2. The first kappa shape index (κ1) is 23.9. The summed E-state index contributed by atoms with van der Waals surface area (Å²) in [5, 5.41) is 20.8. The van der Waals surface area contributed by atoms with E-state index in [0.29, 0.717) is 36.9 Å². The minimum Gasteiger partial charge on any atom is -0.356 e. The van der Waals surface area contributed by atoms with Crippen molar-refractivity contribution in [3.05, 3.63) is 34.8 Å². The number of carbonyl (C=O) groups is 3. The van der Waals surface area contributed by atoms with Gasteiger partial charge in [-0.2, -0.15) is 11.8 Å². The zero-order chi connectivity index (χ0) is 22.8. The molecule has 4 amide bonds. The average Bonchev–Trinajstić information content (AvgIpc) is 3.34. The highest BCUT2D eigenvalue weighted by molar-refractivity contribution is 8.00. The van der Waals surface area contributed by atoms with E-state index in [-0.39, 0.29) is 29.9 Å². The van der Waals surface area contributed by atoms with Crippen molar-refractivity contribution in [1.82, 2.24) is 21.3 Å². The second kappa shape index (κ2) is 12.3. The molecule has 0 spiro atoms. The number of amides is 4. The van der Waals surface area contributed by atoms with Crippen LogP contribution in [0.4, 0.5) is 10.5 Å². The van der Waals surface area contributed by atoms with E-state index in [2.05, 4.69) is 26.2 Å². The van der Waals surface area contributed by atoms with Gasteiger partial charge in [0.2, 0.25) is 17.2 Å². The Morgan fingerprint density at radius 3 is 2.50 bits per heavy atom. The lowest BCUT2D eigenvalue weighted by Crippen LogP contribution is -2.36. The van der Waals surface area contributed by atoms with Crippen LogP contribution >= 0.6 is 11.8 Å². The highest BCUT2D eigenvalue weighted by Crippen LogP contribution is 2.33. The Morgan fingerprint density at radius 1 is 1.03 bits per heavy atom. The maximum Gasteiger partial charge on any atom is 0.385 e. The van der Waals surface area contributed by atoms with Crippen molar-refractivity contribution in [2.24, 2.45) is 0 Å². The standard InChI is InChI=1S/C22H30N6O3S/c23-28-16-10-8-15(9-11-16)13-25-20(30)7-3-4-12-24-19(29)6-2-1-5-18-21-17(14-32-18)26-22(31)27-21/h8-11,17-18,21H,1-7,12-14H2,(H3-,24,25,26,27,29,30,31)/p+1/t17-,18-,21-/m0/s1. The molecule has 2 fully saturated rings. The fourth-order valence-electron chi connectivity index (χ4n) is 3.97. The summed E-state index contributed by atoms with van der Waals surface area (Å²) in [5.41, 5.74) is 1.42. The summed E-state index contributed by atoms with van der Waals surface area (Å²) in [6, 6.07) is 7.38. The van der Waals surface area contributed by atoms with Gasteiger partial charge in [0, 0.05) is 49.1 Å². The molecule has 3 atom stereocenters. The predicted octanol–water partition coefficient (Wildman–Crippen LogP) is 2.80. The summed E-state index contributed by atoms with van der Waals surface area (Å²) < 4.78 is 0. The smallest absolute Gasteiger partial charge is 0.356 e. The first-order valence-electron chi connectivity index (χ1n) is 11.2. The molecule has 9 nitrogen and oxygen atoms in total. The van der Waals surface area contributed by atoms with E-state index in [1.807, 2.05) is 11.8 Å². The first-order chi connectivity index (χ1) is 15.5. The number of diazo groups is 1. The van der Waals surface area contributed by atoms with Crippen LogP contribution in [-0.4, -0.2) is 47.5 Å². The Morgan fingerprint density at radius 2 is 1.75 bits per heavy atom. The zero-order valence-corrected chi connectivity index (χ0v) is 19.0. The third-order valence-corrected chi connectivity index (χ3v) is 7.28. The summed E-state index contributed by atoms with van der Waals surface area (Å²) in [6.45, 7) is 1.02. The van der Waals surface area contributed by atoms with Crippen LogP contribution in [0, 0.1) is 5.39 Å². The van der Waals surface area contributed by atoms with Gasteiger partial charge in [-0.15, -0.1) is 0 Å². The van der Waals surface area contributed by atoms with Gasteiger partial charge < -0.3 is 21.3 Å². The lowest BCUT2D eigenvalue weighted by Gasteiger charge is -2.16. The summed E-state index contributed by atoms with van der Waals surface area (Å²) in [5.74, 6) is 0.995. The molecular weight excluding hydrogens is 428 g/mol. The molecule has 1 aromatic carbocycles. The lowest BCUT2D eigenvalue weighted by atomic mass is 10.0. The van der Waals surface area contributed by atoms with Crippen LogP contribution in [-0.2, 0) is 16.1 Å². The molecule has 2 aliphatic rings. The van der Waals surface area contributed by atoms with Crippen molar-refractivity contribution in [3.8, 4) is 0 Å². The third kappa shape index (κ3) is 7.41. The van der Waals surface area contributed by atoms with Gasteiger partial charge in [0.05, 0.1) is 12.1 Å². The number of urea groups is 1. The number of thioether (sulfide) groups is 1. The number of fused-ring (bicyclic) bond motifs is 1. The van der Waals surface area contributed by atoms with Gasteiger partial charge in [-0.3, -0.25) is 9.59 Å². The van der Waals surface area contributed by atoms with E-state index in [1.54, 1.807) is 24.3 Å². The number of unbranched alkanes of at least 4 members (excludes halogenated alkanes) is 2. The molecule has 4 N–H and O–H groups in total. The average molecular weight is 460 g/mol. The quantitative estimate of drug-likeness (QED) is 0.217. The minimum atomic E-state index is -0.0626. The van der Waals surface area contributed by atoms with E-state index in [1.165, 1.54) is 0 Å². The fourth-order valence-corrected chi connectivity index (χ4v) is 5.51. The van der Waals surface area contributed by atoms with Crippen molar-refractivity contribution in [3.63, 3.8) is 0 Å². The molecule has 2 aliphatic heterocycles. The number of rotatable bonds is 12. The van der Waals surface area contributed by atoms with Crippen LogP contribution in [0.1, 0.15) is 50.5 Å². The molecule has 0 bridgehead atoms. The van der Waals surface area contributed by atoms with E-state index >= 15 is 0 Å². The van der Waals surface area contributed by atoms with Crippen molar-refractivity contribution in [2.45, 2.75) is 68.8 Å². The highest BCUT2D eigenvalue weighted by Gasteiger charge is 2.42. The molecule has 2 heterocycles. The molecule has 32 heavy (non-hydrogen) atoms. The van der Waals surface area contributed by atoms with Crippen LogP contribution < -0.4 is 21.3 Å². The summed E-state index contributed by atoms with van der Waals surface area (Å²) in [7, 11) is 0. The molecule has 172 valence electrons. The van der Waals surface area contributed by atoms with E-state index in [4.69, 9.17) is 5.39 Å². The van der Waals surface area contributed by atoms with Crippen molar-refractivity contribution in [1.29, 1.82) is 5.39 Å². The molecule has 0 aliphatic carbocycles. The molecule has 3 rings (SSSR count). The number of hydrogen-bond donors (Lipinski definition) is 4. The molecule has 0 radical (unpaired) electrons. The van der Waals surface area contributed by atoms with E-state index in [9.17, 15) is 14.4 Å². The molecule has 2 saturated heterocycles. The van der Waals surface area contributed by atoms with Gasteiger partial charge in [0.25, 0.3) is 0 Å². The predicted molar refractivity (Wildman–Crippen MR) is 124 cm³/mol. The van der Waals surface area contributed by atoms with Crippen LogP contribution in [0.25, 0.3) is 4.98 Å². The maximum atomic E-state index is 12.0. The van der Waals surface area contributed by atoms with Gasteiger partial charge in [0.15, 0.2) is 4.98 Å². The second-order valence-corrected chi connectivity index (χ2v) is 9.49. The SMILES string of the molecule is N#[N+]c1ccc(CNC(=O)CCCCNC(=O)CCCC[C@@H]2SC[C@@H]3NC(=O)N[C@@H]32)cc1. The lowest BCUT2D eigenvalue weighted by molar-refractivity contribution is -0.121. The van der Waals surface area contributed by atoms with E-state index < -0.39 is 0 Å². The molecule has 0 aromatic heterocycles. The third-order valence-electron chi connectivity index (χ3n) is 5.77. The Bertz CT molecular complexity index is 841. The van der Waals surface area contributed by atoms with Gasteiger partial charge in [-0.05, 0) is 43.4 Å². The minimum absolute atomic E-state index is 0.0204. The number of nitrogens with one attached hydrogen (secondary N) is 4. The van der Waals surface area contributed by atoms with E-state index in [0.717, 1.165) is 43.4 Å². The molecule has 0 unspecified atom stereocenters. The van der Waals surface area contributed by atoms with Crippen LogP contribution in [0.5, 0.6) is 0 Å². The van der Waals surface area contributed by atoms with Gasteiger partial charge in [-0.25, -0.2) is 4.79 Å². The Balaban J connectivity index is 1.16. The normalized spacial score (nSPS) is 21.2. The van der Waals surface area contributed by atoms with Crippen molar-refractivity contribution in [2.75, 3.05) is 12.3 Å². The zero-order valence-electron chi connectivity index (χ0n) is 18.1. The summed E-state index contributed by atoms with van der Waals surface area (Å²) in [6.07, 6.45) is 5.25. The Kier molecular flexibility index (Phi) is 9.16. The van der Waals surface area contributed by atoms with Crippen molar-refractivity contribution < 1.29 is 14.4 Å². The monoisotopic (exact) mass is 459 g/mol. The fraction of sp³-hybridized carbons (Fsp3) is 0.591. The van der Waals surface area contributed by atoms with Crippen LogP contribution in [0.2, 0.25) is 0 Å². The first-order valence-corrected chi connectivity index (χ1v) is 12.3. The van der Waals surface area contributed by atoms with Gasteiger partial charge >= 0.3 is 11.7 Å². The number of hydrogen-bond acceptors (Lipinski definition) is 5. The Labute approximate surface area is 192 Å². The molecule has 1 aromatic rings. The second-order valence-electron chi connectivity index (χ2n) is 8.22. The van der Waals surface area contributed by atoms with Gasteiger partial charge in [-0.1, -0.05) is 6.42 Å². The van der Waals surface area contributed by atoms with Crippen molar-refractivity contribution >= 4 is 35.3 Å². The Hall–Kier alpha value is -2.80. The highest BCUT2D eigenvalue weighted by atomic mass is 32.2. The molecular formula is C22H31N6O3S+. The van der Waals surface area contributed by atoms with Crippen LogP contribution in [0.3, 0.4) is 0 Å². The molecule has 10 heteroatoms. The number of carbonyl (C=O) groups excluding carboxylic acids is 3. The summed E-state index contributed by atoms with van der Waals surface area (Å²) in [4.78, 5) is 38.4. The largest absolute Gasteiger partial charge is 0.385 e.